The molecule has 0 radical (unpaired) electrons. The van der Waals surface area contributed by atoms with Gasteiger partial charge in [-0.1, -0.05) is 44.2 Å². The van der Waals surface area contributed by atoms with Crippen LogP contribution in [0.1, 0.15) is 31.1 Å². The third kappa shape index (κ3) is 6.84. The van der Waals surface area contributed by atoms with E-state index in [-0.39, 0.29) is 18.4 Å². The number of carbonyl (C=O) groups is 2. The molecule has 6 heteroatoms. The van der Waals surface area contributed by atoms with Gasteiger partial charge in [0.25, 0.3) is 5.91 Å². The lowest BCUT2D eigenvalue weighted by atomic mass is 10.1. The van der Waals surface area contributed by atoms with Gasteiger partial charge in [0, 0.05) is 23.5 Å². The number of para-hydroxylation sites is 3. The van der Waals surface area contributed by atoms with Crippen LogP contribution >= 0.6 is 0 Å². The first kappa shape index (κ1) is 23.9. The average molecular weight is 446 g/mol. The fraction of sp³-hybridized carbons (Fsp3) is 0.259. The molecule has 0 atom stereocenters. The van der Waals surface area contributed by atoms with E-state index >= 15 is 0 Å². The van der Waals surface area contributed by atoms with Crippen molar-refractivity contribution in [1.29, 1.82) is 0 Å². The van der Waals surface area contributed by atoms with Gasteiger partial charge in [0.15, 0.2) is 0 Å². The van der Waals surface area contributed by atoms with Crippen LogP contribution < -0.4 is 20.3 Å². The third-order valence-corrected chi connectivity index (χ3v) is 4.94. The highest BCUT2D eigenvalue weighted by Crippen LogP contribution is 2.24. The van der Waals surface area contributed by atoms with Gasteiger partial charge in [0.05, 0.1) is 18.8 Å². The van der Waals surface area contributed by atoms with Gasteiger partial charge in [-0.05, 0) is 61.4 Å². The minimum Gasteiger partial charge on any atom is -0.491 e. The molecule has 0 heterocycles. The van der Waals surface area contributed by atoms with E-state index < -0.39 is 0 Å². The quantitative estimate of drug-likeness (QED) is 0.436. The van der Waals surface area contributed by atoms with Gasteiger partial charge in [-0.25, -0.2) is 0 Å². The zero-order valence-electron chi connectivity index (χ0n) is 19.4. The molecule has 33 heavy (non-hydrogen) atoms. The summed E-state index contributed by atoms with van der Waals surface area (Å²) >= 11 is 0. The molecule has 0 aromatic heterocycles. The smallest absolute Gasteiger partial charge is 0.258 e. The van der Waals surface area contributed by atoms with Crippen LogP contribution in [0.25, 0.3) is 0 Å². The summed E-state index contributed by atoms with van der Waals surface area (Å²) in [6.07, 6.45) is 0. The van der Waals surface area contributed by atoms with Crippen LogP contribution in [-0.2, 0) is 4.79 Å². The summed E-state index contributed by atoms with van der Waals surface area (Å²) in [5, 5.41) is 5.99. The molecule has 0 aliphatic rings. The molecule has 0 unspecified atom stereocenters. The normalized spacial score (nSPS) is 10.5. The Kier molecular flexibility index (Phi) is 8.47. The molecule has 0 spiro atoms. The lowest BCUT2D eigenvalue weighted by molar-refractivity contribution is -0.114. The summed E-state index contributed by atoms with van der Waals surface area (Å²) in [4.78, 5) is 27.1. The Bertz CT molecular complexity index is 1050. The van der Waals surface area contributed by atoms with Crippen molar-refractivity contribution in [3.05, 3.63) is 84.4 Å². The second kappa shape index (κ2) is 11.7. The number of ether oxygens (including phenoxy) is 1. The van der Waals surface area contributed by atoms with Crippen molar-refractivity contribution in [2.75, 3.05) is 35.2 Å². The van der Waals surface area contributed by atoms with Crippen molar-refractivity contribution in [3.8, 4) is 5.75 Å². The molecule has 0 bridgehead atoms. The number of anilines is 3. The minimum atomic E-state index is -0.188. The summed E-state index contributed by atoms with van der Waals surface area (Å²) in [5.74, 6) is 0.863. The van der Waals surface area contributed by atoms with E-state index in [2.05, 4.69) is 24.5 Å². The number of hydrogen-bond donors (Lipinski definition) is 2. The highest BCUT2D eigenvalue weighted by molar-refractivity contribution is 6.06. The Morgan fingerprint density at radius 3 is 2.24 bits per heavy atom. The Morgan fingerprint density at radius 2 is 1.58 bits per heavy atom. The number of nitrogens with zero attached hydrogens (tertiary/aromatic N) is 1. The second-order valence-electron chi connectivity index (χ2n) is 8.07. The molecule has 0 saturated heterocycles. The number of hydrogen-bond acceptors (Lipinski definition) is 4. The Morgan fingerprint density at radius 1 is 0.909 bits per heavy atom. The van der Waals surface area contributed by atoms with Gasteiger partial charge in [-0.3, -0.25) is 9.59 Å². The summed E-state index contributed by atoms with van der Waals surface area (Å²) in [6.45, 7) is 7.39. The van der Waals surface area contributed by atoms with Gasteiger partial charge in [-0.2, -0.15) is 0 Å². The van der Waals surface area contributed by atoms with Crippen molar-refractivity contribution >= 4 is 28.9 Å². The maximum Gasteiger partial charge on any atom is 0.258 e. The van der Waals surface area contributed by atoms with Crippen LogP contribution in [0.5, 0.6) is 5.75 Å². The molecule has 0 aliphatic heterocycles. The fourth-order valence-electron chi connectivity index (χ4n) is 3.28. The number of rotatable bonds is 10. The van der Waals surface area contributed by atoms with E-state index in [0.717, 1.165) is 17.1 Å². The molecule has 6 nitrogen and oxygen atoms in total. The third-order valence-electron chi connectivity index (χ3n) is 4.94. The van der Waals surface area contributed by atoms with Crippen LogP contribution in [0.15, 0.2) is 78.9 Å². The van der Waals surface area contributed by atoms with Gasteiger partial charge in [0.1, 0.15) is 5.75 Å². The van der Waals surface area contributed by atoms with E-state index in [1.54, 1.807) is 29.2 Å². The predicted octanol–water partition coefficient (Wildman–Crippen LogP) is 5.44. The first-order valence-electron chi connectivity index (χ1n) is 11.2. The maximum atomic E-state index is 12.9. The molecule has 2 N–H and O–H groups in total. The highest BCUT2D eigenvalue weighted by atomic mass is 16.5. The van der Waals surface area contributed by atoms with Gasteiger partial charge >= 0.3 is 0 Å². The summed E-state index contributed by atoms with van der Waals surface area (Å²) in [5.41, 5.74) is 2.82. The molecular formula is C27H31N3O3. The second-order valence-corrected chi connectivity index (χ2v) is 8.07. The Labute approximate surface area is 195 Å². The summed E-state index contributed by atoms with van der Waals surface area (Å²) in [7, 11) is 0. The van der Waals surface area contributed by atoms with Crippen LogP contribution in [0.4, 0.5) is 17.1 Å². The van der Waals surface area contributed by atoms with Crippen molar-refractivity contribution < 1.29 is 14.3 Å². The molecule has 3 rings (SSSR count). The summed E-state index contributed by atoms with van der Waals surface area (Å²) < 4.78 is 5.82. The van der Waals surface area contributed by atoms with Gasteiger partial charge < -0.3 is 20.3 Å². The first-order valence-corrected chi connectivity index (χ1v) is 11.2. The number of amides is 2. The molecule has 0 fully saturated rings. The molecule has 0 saturated carbocycles. The Balaban J connectivity index is 1.57. The number of benzene rings is 3. The number of carbonyl (C=O) groups excluding carboxylic acids is 2. The monoisotopic (exact) mass is 445 g/mol. The fourth-order valence-corrected chi connectivity index (χ4v) is 3.28. The molecule has 172 valence electrons. The first-order chi connectivity index (χ1) is 16.0. The van der Waals surface area contributed by atoms with E-state index in [4.69, 9.17) is 4.74 Å². The largest absolute Gasteiger partial charge is 0.491 e. The molecule has 2 amide bonds. The Hall–Kier alpha value is -3.80. The standard InChI is InChI=1S/C27H31N3O3/c1-4-30(23-10-6-5-7-11-23)27(32)21-14-16-22(17-15-21)29-26(31)18-28-24-12-8-9-13-25(24)33-19-20(2)3/h5-17,20,28H,4,18-19H2,1-3H3,(H,29,31). The maximum absolute atomic E-state index is 12.9. The van der Waals surface area contributed by atoms with E-state index in [1.165, 1.54) is 0 Å². The van der Waals surface area contributed by atoms with Crippen LogP contribution in [0, 0.1) is 5.92 Å². The average Bonchev–Trinajstić information content (AvgIpc) is 2.83. The SMILES string of the molecule is CCN(C(=O)c1ccc(NC(=O)CNc2ccccc2OCC(C)C)cc1)c1ccccc1. The zero-order valence-corrected chi connectivity index (χ0v) is 19.4. The minimum absolute atomic E-state index is 0.0822. The van der Waals surface area contributed by atoms with Crippen LogP contribution in [-0.4, -0.2) is 31.5 Å². The molecule has 3 aromatic carbocycles. The lowest BCUT2D eigenvalue weighted by Crippen LogP contribution is -2.30. The lowest BCUT2D eigenvalue weighted by Gasteiger charge is -2.21. The van der Waals surface area contributed by atoms with Gasteiger partial charge in [0.2, 0.25) is 5.91 Å². The van der Waals surface area contributed by atoms with Crippen molar-refractivity contribution in [3.63, 3.8) is 0 Å². The summed E-state index contributed by atoms with van der Waals surface area (Å²) in [6, 6.07) is 24.1. The van der Waals surface area contributed by atoms with Crippen molar-refractivity contribution in [2.45, 2.75) is 20.8 Å². The van der Waals surface area contributed by atoms with Gasteiger partial charge in [-0.15, -0.1) is 0 Å². The molecule has 3 aromatic rings. The predicted molar refractivity (Wildman–Crippen MR) is 134 cm³/mol. The van der Waals surface area contributed by atoms with Crippen LogP contribution in [0.3, 0.4) is 0 Å². The number of nitrogens with one attached hydrogen (secondary N) is 2. The molecular weight excluding hydrogens is 414 g/mol. The van der Waals surface area contributed by atoms with E-state index in [1.807, 2.05) is 61.5 Å². The van der Waals surface area contributed by atoms with Crippen LogP contribution in [0.2, 0.25) is 0 Å². The van der Waals surface area contributed by atoms with Crippen molar-refractivity contribution in [1.82, 2.24) is 0 Å². The molecule has 0 aliphatic carbocycles. The zero-order chi connectivity index (χ0) is 23.6. The van der Waals surface area contributed by atoms with E-state index in [9.17, 15) is 9.59 Å². The highest BCUT2D eigenvalue weighted by Gasteiger charge is 2.16. The topological polar surface area (TPSA) is 70.7 Å². The van der Waals surface area contributed by atoms with Crippen molar-refractivity contribution in [2.24, 2.45) is 5.92 Å². The van der Waals surface area contributed by atoms with E-state index in [0.29, 0.717) is 30.3 Å².